The van der Waals surface area contributed by atoms with Crippen LogP contribution in [0.3, 0.4) is 0 Å². The first-order valence-electron chi connectivity index (χ1n) is 9.09. The molecule has 2 heterocycles. The Morgan fingerprint density at radius 2 is 1.77 bits per heavy atom. The molecule has 0 unspecified atom stereocenters. The van der Waals surface area contributed by atoms with Crippen LogP contribution in [0, 0.1) is 0 Å². The second-order valence-corrected chi connectivity index (χ2v) is 7.43. The summed E-state index contributed by atoms with van der Waals surface area (Å²) in [6, 6.07) is 14.5. The van der Waals surface area contributed by atoms with Gasteiger partial charge < -0.3 is 5.32 Å². The molecule has 1 N–H and O–H groups in total. The van der Waals surface area contributed by atoms with Crippen molar-refractivity contribution in [3.8, 4) is 0 Å². The van der Waals surface area contributed by atoms with Crippen LogP contribution in [-0.2, 0) is 17.5 Å². The van der Waals surface area contributed by atoms with E-state index in [1.807, 2.05) is 30.3 Å². The van der Waals surface area contributed by atoms with Crippen molar-refractivity contribution in [2.75, 3.05) is 11.1 Å². The maximum Gasteiger partial charge on any atom is 0.418 e. The second-order valence-electron chi connectivity index (χ2n) is 6.46. The summed E-state index contributed by atoms with van der Waals surface area (Å²) in [5.74, 6) is -0.741. The van der Waals surface area contributed by atoms with Gasteiger partial charge in [-0.3, -0.25) is 4.79 Å². The molecule has 2 aromatic carbocycles. The quantitative estimate of drug-likeness (QED) is 0.357. The van der Waals surface area contributed by atoms with Gasteiger partial charge in [0.05, 0.1) is 23.5 Å². The number of benzene rings is 2. The van der Waals surface area contributed by atoms with Crippen LogP contribution in [0.4, 0.5) is 18.9 Å². The van der Waals surface area contributed by atoms with Gasteiger partial charge in [0.2, 0.25) is 5.91 Å². The summed E-state index contributed by atoms with van der Waals surface area (Å²) in [5, 5.41) is 10.9. The van der Waals surface area contributed by atoms with Gasteiger partial charge in [-0.25, -0.2) is 14.6 Å². The van der Waals surface area contributed by atoms with E-state index in [1.54, 1.807) is 4.68 Å². The molecule has 0 radical (unpaired) electrons. The molecule has 2 aromatic heterocycles. The smallest absolute Gasteiger partial charge is 0.325 e. The van der Waals surface area contributed by atoms with Crippen LogP contribution in [0.15, 0.2) is 66.0 Å². The van der Waals surface area contributed by atoms with Gasteiger partial charge in [0.1, 0.15) is 11.4 Å². The SMILES string of the molecule is O=C(CSc1ncnc2c1nnn2Cc1ccccc1)Nc1ccccc1C(F)(F)F. The Morgan fingerprint density at radius 1 is 1.03 bits per heavy atom. The zero-order valence-corrected chi connectivity index (χ0v) is 16.7. The molecule has 0 bridgehead atoms. The molecule has 7 nitrogen and oxygen atoms in total. The number of nitrogens with one attached hydrogen (secondary N) is 1. The lowest BCUT2D eigenvalue weighted by Gasteiger charge is -2.13. The van der Waals surface area contributed by atoms with E-state index in [0.29, 0.717) is 22.7 Å². The minimum absolute atomic E-state index is 0.149. The number of thioether (sulfide) groups is 1. The van der Waals surface area contributed by atoms with Gasteiger partial charge in [0.25, 0.3) is 0 Å². The van der Waals surface area contributed by atoms with Gasteiger partial charge in [0, 0.05) is 0 Å². The molecule has 0 spiro atoms. The van der Waals surface area contributed by atoms with E-state index in [0.717, 1.165) is 23.4 Å². The van der Waals surface area contributed by atoms with Crippen LogP contribution in [0.5, 0.6) is 0 Å². The topological polar surface area (TPSA) is 85.6 Å². The number of para-hydroxylation sites is 1. The third-order valence-electron chi connectivity index (χ3n) is 4.29. The van der Waals surface area contributed by atoms with Crippen molar-refractivity contribution in [1.29, 1.82) is 0 Å². The minimum Gasteiger partial charge on any atom is -0.325 e. The Labute approximate surface area is 178 Å². The number of hydrogen-bond acceptors (Lipinski definition) is 6. The van der Waals surface area contributed by atoms with E-state index in [4.69, 9.17) is 0 Å². The number of anilines is 1. The molecule has 0 fully saturated rings. The molecule has 0 aliphatic heterocycles. The third kappa shape index (κ3) is 4.82. The predicted octanol–water partition coefficient (Wildman–Crippen LogP) is 4.02. The normalized spacial score (nSPS) is 11.6. The van der Waals surface area contributed by atoms with Crippen LogP contribution in [0.1, 0.15) is 11.1 Å². The summed E-state index contributed by atoms with van der Waals surface area (Å²) in [7, 11) is 0. The second kappa shape index (κ2) is 8.72. The van der Waals surface area contributed by atoms with E-state index in [1.165, 1.54) is 24.5 Å². The molecule has 0 saturated carbocycles. The Balaban J connectivity index is 1.47. The lowest BCUT2D eigenvalue weighted by Crippen LogP contribution is -2.18. The van der Waals surface area contributed by atoms with Gasteiger partial charge in [0.15, 0.2) is 11.2 Å². The third-order valence-corrected chi connectivity index (χ3v) is 5.27. The van der Waals surface area contributed by atoms with E-state index >= 15 is 0 Å². The molecule has 4 rings (SSSR count). The zero-order valence-electron chi connectivity index (χ0n) is 15.9. The number of alkyl halides is 3. The Bertz CT molecular complexity index is 1210. The number of aromatic nitrogens is 5. The average Bonchev–Trinajstić information content (AvgIpc) is 3.16. The van der Waals surface area contributed by atoms with Crippen molar-refractivity contribution < 1.29 is 18.0 Å². The Hall–Kier alpha value is -3.47. The number of halogens is 3. The fraction of sp³-hybridized carbons (Fsp3) is 0.150. The first-order valence-corrected chi connectivity index (χ1v) is 10.1. The van der Waals surface area contributed by atoms with Crippen LogP contribution in [-0.4, -0.2) is 36.6 Å². The predicted molar refractivity (Wildman–Crippen MR) is 109 cm³/mol. The maximum absolute atomic E-state index is 13.1. The summed E-state index contributed by atoms with van der Waals surface area (Å²) < 4.78 is 40.9. The Kier molecular flexibility index (Phi) is 5.85. The maximum atomic E-state index is 13.1. The molecule has 4 aromatic rings. The number of hydrogen-bond donors (Lipinski definition) is 1. The summed E-state index contributed by atoms with van der Waals surface area (Å²) in [6.07, 6.45) is -3.22. The van der Waals surface area contributed by atoms with E-state index in [2.05, 4.69) is 25.6 Å². The summed E-state index contributed by atoms with van der Waals surface area (Å²) in [6.45, 7) is 0.465. The number of amides is 1. The van der Waals surface area contributed by atoms with Crippen molar-refractivity contribution in [2.45, 2.75) is 17.7 Å². The molecular formula is C20H15F3N6OS. The molecule has 0 aliphatic carbocycles. The highest BCUT2D eigenvalue weighted by Crippen LogP contribution is 2.34. The van der Waals surface area contributed by atoms with Crippen LogP contribution < -0.4 is 5.32 Å². The van der Waals surface area contributed by atoms with Crippen molar-refractivity contribution in [2.24, 2.45) is 0 Å². The molecule has 0 saturated heterocycles. The first kappa shape index (κ1) is 20.8. The van der Waals surface area contributed by atoms with E-state index < -0.39 is 17.6 Å². The van der Waals surface area contributed by atoms with E-state index in [-0.39, 0.29) is 11.4 Å². The van der Waals surface area contributed by atoms with Gasteiger partial charge in [-0.1, -0.05) is 59.4 Å². The minimum atomic E-state index is -4.56. The number of rotatable bonds is 6. The van der Waals surface area contributed by atoms with Crippen molar-refractivity contribution in [3.63, 3.8) is 0 Å². The highest BCUT2D eigenvalue weighted by molar-refractivity contribution is 8.00. The molecule has 0 atom stereocenters. The molecule has 1 amide bonds. The summed E-state index contributed by atoms with van der Waals surface area (Å²) in [5.41, 5.74) is 0.754. The number of nitrogens with zero attached hydrogens (tertiary/aromatic N) is 5. The van der Waals surface area contributed by atoms with Gasteiger partial charge >= 0.3 is 6.18 Å². The number of carbonyl (C=O) groups excluding carboxylic acids is 1. The lowest BCUT2D eigenvalue weighted by molar-refractivity contribution is -0.137. The van der Waals surface area contributed by atoms with Crippen molar-refractivity contribution in [3.05, 3.63) is 72.1 Å². The molecule has 31 heavy (non-hydrogen) atoms. The lowest BCUT2D eigenvalue weighted by atomic mass is 10.1. The van der Waals surface area contributed by atoms with Crippen LogP contribution in [0.2, 0.25) is 0 Å². The van der Waals surface area contributed by atoms with E-state index in [9.17, 15) is 18.0 Å². The number of carbonyl (C=O) groups is 1. The van der Waals surface area contributed by atoms with Gasteiger partial charge in [-0.05, 0) is 17.7 Å². The Morgan fingerprint density at radius 3 is 2.55 bits per heavy atom. The fourth-order valence-corrected chi connectivity index (χ4v) is 3.63. The zero-order chi connectivity index (χ0) is 21.8. The van der Waals surface area contributed by atoms with Crippen LogP contribution >= 0.6 is 11.8 Å². The van der Waals surface area contributed by atoms with Gasteiger partial charge in [-0.15, -0.1) is 5.10 Å². The molecule has 11 heteroatoms. The summed E-state index contributed by atoms with van der Waals surface area (Å²) >= 11 is 1.05. The first-order chi connectivity index (χ1) is 14.9. The average molecular weight is 444 g/mol. The fourth-order valence-electron chi connectivity index (χ4n) is 2.90. The van der Waals surface area contributed by atoms with Crippen molar-refractivity contribution in [1.82, 2.24) is 25.0 Å². The molecular weight excluding hydrogens is 429 g/mol. The highest BCUT2D eigenvalue weighted by Gasteiger charge is 2.33. The highest BCUT2D eigenvalue weighted by atomic mass is 32.2. The van der Waals surface area contributed by atoms with Crippen molar-refractivity contribution >= 4 is 34.5 Å². The summed E-state index contributed by atoms with van der Waals surface area (Å²) in [4.78, 5) is 20.6. The largest absolute Gasteiger partial charge is 0.418 e. The number of fused-ring (bicyclic) bond motifs is 1. The van der Waals surface area contributed by atoms with Gasteiger partial charge in [-0.2, -0.15) is 13.2 Å². The van der Waals surface area contributed by atoms with Crippen LogP contribution in [0.25, 0.3) is 11.2 Å². The monoisotopic (exact) mass is 444 g/mol. The standard InChI is InChI=1S/C20H15F3N6OS/c21-20(22,23)14-8-4-5-9-15(14)26-16(30)11-31-19-17-18(24-12-25-19)29(28-27-17)10-13-6-2-1-3-7-13/h1-9,12H,10-11H2,(H,26,30). The molecule has 158 valence electrons. The molecule has 0 aliphatic rings.